The van der Waals surface area contributed by atoms with Crippen molar-refractivity contribution in [2.75, 3.05) is 5.32 Å². The summed E-state index contributed by atoms with van der Waals surface area (Å²) >= 11 is 0. The molecule has 0 unspecified atom stereocenters. The molecule has 126 valence electrons. The van der Waals surface area contributed by atoms with Gasteiger partial charge < -0.3 is 10.4 Å². The highest BCUT2D eigenvalue weighted by Gasteiger charge is 2.38. The molecule has 0 amide bonds. The Hall–Kier alpha value is -3.15. The molecular formula is C19H16N2O4. The Labute approximate surface area is 144 Å². The average Bonchev–Trinajstić information content (AvgIpc) is 3.10. The van der Waals surface area contributed by atoms with Crippen LogP contribution in [0.25, 0.3) is 0 Å². The number of non-ortho nitro benzene ring substituents is 1. The van der Waals surface area contributed by atoms with Crippen LogP contribution in [0.3, 0.4) is 0 Å². The van der Waals surface area contributed by atoms with Gasteiger partial charge in [-0.15, -0.1) is 0 Å². The van der Waals surface area contributed by atoms with Crippen LogP contribution in [0.2, 0.25) is 0 Å². The van der Waals surface area contributed by atoms with E-state index >= 15 is 0 Å². The lowest BCUT2D eigenvalue weighted by Gasteiger charge is -2.37. The summed E-state index contributed by atoms with van der Waals surface area (Å²) in [5.41, 5.74) is 3.19. The minimum Gasteiger partial charge on any atom is -0.478 e. The number of rotatable bonds is 3. The first-order valence-corrected chi connectivity index (χ1v) is 8.09. The number of fused-ring (bicyclic) bond motifs is 3. The van der Waals surface area contributed by atoms with E-state index in [1.807, 2.05) is 6.07 Å². The SMILES string of the molecule is O=C(O)c1ccc2c(c1)N[C@H](c1ccc([N+](=O)[O-])cc1)[C@@H]1CC=C[C@H]21. The number of benzene rings is 2. The van der Waals surface area contributed by atoms with Gasteiger partial charge in [0.2, 0.25) is 0 Å². The third kappa shape index (κ3) is 2.55. The lowest BCUT2D eigenvalue weighted by Crippen LogP contribution is -2.29. The zero-order valence-corrected chi connectivity index (χ0v) is 13.3. The number of carboxylic acid groups (broad SMARTS) is 1. The maximum absolute atomic E-state index is 11.3. The monoisotopic (exact) mass is 336 g/mol. The van der Waals surface area contributed by atoms with Gasteiger partial charge in [0.25, 0.3) is 5.69 Å². The van der Waals surface area contributed by atoms with Crippen molar-refractivity contribution in [3.05, 3.63) is 81.4 Å². The van der Waals surface area contributed by atoms with Crippen molar-refractivity contribution in [3.63, 3.8) is 0 Å². The van der Waals surface area contributed by atoms with E-state index in [-0.39, 0.29) is 23.2 Å². The lowest BCUT2D eigenvalue weighted by molar-refractivity contribution is -0.384. The van der Waals surface area contributed by atoms with Gasteiger partial charge in [0.15, 0.2) is 0 Å². The second-order valence-electron chi connectivity index (χ2n) is 6.43. The molecule has 1 aliphatic carbocycles. The molecule has 2 aromatic rings. The van der Waals surface area contributed by atoms with E-state index in [0.717, 1.165) is 23.2 Å². The van der Waals surface area contributed by atoms with E-state index < -0.39 is 10.9 Å². The average molecular weight is 336 g/mol. The molecule has 6 nitrogen and oxygen atoms in total. The second-order valence-corrected chi connectivity index (χ2v) is 6.43. The molecule has 6 heteroatoms. The molecule has 0 radical (unpaired) electrons. The van der Waals surface area contributed by atoms with Gasteiger partial charge in [-0.3, -0.25) is 10.1 Å². The second kappa shape index (κ2) is 5.73. The van der Waals surface area contributed by atoms with Crippen molar-refractivity contribution < 1.29 is 14.8 Å². The topological polar surface area (TPSA) is 92.5 Å². The van der Waals surface area contributed by atoms with Crippen molar-refractivity contribution in [2.45, 2.75) is 18.4 Å². The third-order valence-electron chi connectivity index (χ3n) is 5.07. The summed E-state index contributed by atoms with van der Waals surface area (Å²) in [6.45, 7) is 0. The number of carbonyl (C=O) groups is 1. The summed E-state index contributed by atoms with van der Waals surface area (Å²) in [6.07, 6.45) is 5.23. The number of anilines is 1. The van der Waals surface area contributed by atoms with Crippen LogP contribution in [0, 0.1) is 16.0 Å². The molecule has 0 fully saturated rings. The minimum absolute atomic E-state index is 0.0163. The van der Waals surface area contributed by atoms with E-state index in [0.29, 0.717) is 5.92 Å². The van der Waals surface area contributed by atoms with Crippen molar-refractivity contribution in [3.8, 4) is 0 Å². The minimum atomic E-state index is -0.958. The van der Waals surface area contributed by atoms with Crippen LogP contribution in [0.5, 0.6) is 0 Å². The number of nitro benzene ring substituents is 1. The Morgan fingerprint density at radius 3 is 2.64 bits per heavy atom. The van der Waals surface area contributed by atoms with Gasteiger partial charge in [0.05, 0.1) is 16.5 Å². The summed E-state index contributed by atoms with van der Waals surface area (Å²) in [4.78, 5) is 21.7. The van der Waals surface area contributed by atoms with E-state index in [1.54, 1.807) is 24.3 Å². The molecule has 1 heterocycles. The van der Waals surface area contributed by atoms with Crippen LogP contribution < -0.4 is 5.32 Å². The fourth-order valence-corrected chi connectivity index (χ4v) is 3.86. The highest BCUT2D eigenvalue weighted by molar-refractivity contribution is 5.89. The molecule has 0 saturated heterocycles. The molecule has 2 N–H and O–H groups in total. The van der Waals surface area contributed by atoms with Gasteiger partial charge in [-0.1, -0.05) is 30.4 Å². The van der Waals surface area contributed by atoms with Crippen LogP contribution in [0.4, 0.5) is 11.4 Å². The van der Waals surface area contributed by atoms with Crippen LogP contribution in [0.1, 0.15) is 39.9 Å². The Kier molecular flexibility index (Phi) is 3.53. The van der Waals surface area contributed by atoms with Gasteiger partial charge in [0.1, 0.15) is 0 Å². The first-order valence-electron chi connectivity index (χ1n) is 8.09. The maximum atomic E-state index is 11.3. The van der Waals surface area contributed by atoms with Crippen LogP contribution in [-0.2, 0) is 0 Å². The summed E-state index contributed by atoms with van der Waals surface area (Å²) in [6, 6.07) is 11.7. The van der Waals surface area contributed by atoms with Crippen molar-refractivity contribution in [1.29, 1.82) is 0 Å². The van der Waals surface area contributed by atoms with Gasteiger partial charge in [-0.2, -0.15) is 0 Å². The Morgan fingerprint density at radius 1 is 1.20 bits per heavy atom. The Bertz CT molecular complexity index is 889. The predicted molar refractivity (Wildman–Crippen MR) is 92.8 cm³/mol. The molecule has 0 saturated carbocycles. The molecule has 4 rings (SSSR count). The largest absolute Gasteiger partial charge is 0.478 e. The van der Waals surface area contributed by atoms with Crippen LogP contribution >= 0.6 is 0 Å². The summed E-state index contributed by atoms with van der Waals surface area (Å²) in [5.74, 6) is -0.426. The zero-order valence-electron chi connectivity index (χ0n) is 13.3. The molecule has 0 spiro atoms. The number of aromatic carboxylic acids is 1. The lowest BCUT2D eigenvalue weighted by atomic mass is 9.77. The normalized spacial score (nSPS) is 23.4. The molecule has 25 heavy (non-hydrogen) atoms. The number of allylic oxidation sites excluding steroid dienone is 2. The number of hydrogen-bond acceptors (Lipinski definition) is 4. The number of nitrogens with zero attached hydrogens (tertiary/aromatic N) is 1. The molecule has 3 atom stereocenters. The highest BCUT2D eigenvalue weighted by Crippen LogP contribution is 2.49. The van der Waals surface area contributed by atoms with Crippen LogP contribution in [-0.4, -0.2) is 16.0 Å². The fraction of sp³-hybridized carbons (Fsp3) is 0.211. The zero-order chi connectivity index (χ0) is 17.6. The maximum Gasteiger partial charge on any atom is 0.335 e. The van der Waals surface area contributed by atoms with Crippen molar-refractivity contribution in [1.82, 2.24) is 0 Å². The Balaban J connectivity index is 1.74. The standard InChI is InChI=1S/C19H16N2O4/c22-19(23)12-6-9-15-14-2-1-3-16(14)18(20-17(15)10-12)11-4-7-13(8-5-11)21(24)25/h1-2,4-10,14,16,18,20H,3H2,(H,22,23)/t14-,16-,18-/m1/s1. The first-order chi connectivity index (χ1) is 12.0. The number of carboxylic acids is 1. The first kappa shape index (κ1) is 15.4. The smallest absolute Gasteiger partial charge is 0.335 e. The molecule has 1 aliphatic heterocycles. The van der Waals surface area contributed by atoms with Gasteiger partial charge in [-0.05, 0) is 35.6 Å². The summed E-state index contributed by atoms with van der Waals surface area (Å²) in [5, 5.41) is 23.5. The van der Waals surface area contributed by atoms with Crippen molar-refractivity contribution in [2.24, 2.45) is 5.92 Å². The van der Waals surface area contributed by atoms with E-state index in [2.05, 4.69) is 17.5 Å². The summed E-state index contributed by atoms with van der Waals surface area (Å²) < 4.78 is 0. The van der Waals surface area contributed by atoms with E-state index in [9.17, 15) is 20.0 Å². The van der Waals surface area contributed by atoms with Gasteiger partial charge in [-0.25, -0.2) is 4.79 Å². The van der Waals surface area contributed by atoms with Crippen molar-refractivity contribution >= 4 is 17.3 Å². The van der Waals surface area contributed by atoms with Crippen LogP contribution in [0.15, 0.2) is 54.6 Å². The van der Waals surface area contributed by atoms with Gasteiger partial charge in [0, 0.05) is 23.7 Å². The Morgan fingerprint density at radius 2 is 1.96 bits per heavy atom. The van der Waals surface area contributed by atoms with E-state index in [4.69, 9.17) is 0 Å². The summed E-state index contributed by atoms with van der Waals surface area (Å²) in [7, 11) is 0. The molecule has 0 bridgehead atoms. The molecule has 0 aromatic heterocycles. The molecule has 2 aliphatic rings. The number of hydrogen-bond donors (Lipinski definition) is 2. The van der Waals surface area contributed by atoms with Gasteiger partial charge >= 0.3 is 5.97 Å². The predicted octanol–water partition coefficient (Wildman–Crippen LogP) is 4.12. The molecule has 2 aromatic carbocycles. The molecular weight excluding hydrogens is 320 g/mol. The number of nitro groups is 1. The quantitative estimate of drug-likeness (QED) is 0.500. The fourth-order valence-electron chi connectivity index (χ4n) is 3.86. The van der Waals surface area contributed by atoms with E-state index in [1.165, 1.54) is 12.1 Å². The highest BCUT2D eigenvalue weighted by atomic mass is 16.6. The number of nitrogens with one attached hydrogen (secondary N) is 1. The third-order valence-corrected chi connectivity index (χ3v) is 5.07.